The molecule has 1 aliphatic carbocycles. The maximum atomic E-state index is 13.6. The fourth-order valence-corrected chi connectivity index (χ4v) is 1.52. The lowest BCUT2D eigenvalue weighted by Crippen LogP contribution is -2.33. The number of halogens is 1. The summed E-state index contributed by atoms with van der Waals surface area (Å²) < 4.78 is 13.6. The lowest BCUT2D eigenvalue weighted by molar-refractivity contribution is 0.189. The maximum absolute atomic E-state index is 13.6. The van der Waals surface area contributed by atoms with Crippen molar-refractivity contribution in [3.8, 4) is 0 Å². The summed E-state index contributed by atoms with van der Waals surface area (Å²) in [6, 6.07) is 0. The number of hydrogen-bond acceptors (Lipinski definition) is 1. The third-order valence-corrected chi connectivity index (χ3v) is 2.35. The lowest BCUT2D eigenvalue weighted by Gasteiger charge is -2.30. The second-order valence-corrected chi connectivity index (χ2v) is 3.54. The molecule has 1 unspecified atom stereocenters. The zero-order chi connectivity index (χ0) is 8.48. The van der Waals surface area contributed by atoms with Crippen molar-refractivity contribution in [2.75, 3.05) is 7.05 Å². The molecule has 0 saturated heterocycles. The van der Waals surface area contributed by atoms with E-state index in [1.807, 2.05) is 6.08 Å². The second-order valence-electron chi connectivity index (χ2n) is 3.54. The molecule has 1 rings (SSSR count). The highest BCUT2D eigenvalue weighted by molar-refractivity contribution is 5.17. The number of rotatable bonds is 1. The van der Waals surface area contributed by atoms with Crippen molar-refractivity contribution < 1.29 is 4.39 Å². The Morgan fingerprint density at radius 2 is 2.36 bits per heavy atom. The quantitative estimate of drug-likeness (QED) is 0.615. The van der Waals surface area contributed by atoms with E-state index in [1.165, 1.54) is 0 Å². The van der Waals surface area contributed by atoms with E-state index in [4.69, 9.17) is 0 Å². The van der Waals surface area contributed by atoms with Crippen molar-refractivity contribution in [1.29, 1.82) is 0 Å². The molecule has 0 bridgehead atoms. The third kappa shape index (κ3) is 1.73. The van der Waals surface area contributed by atoms with Crippen LogP contribution in [0.5, 0.6) is 0 Å². The van der Waals surface area contributed by atoms with Crippen molar-refractivity contribution in [2.45, 2.75) is 32.4 Å². The molecular formula is C9H16FN. The topological polar surface area (TPSA) is 12.0 Å². The minimum atomic E-state index is -1.12. The van der Waals surface area contributed by atoms with Crippen LogP contribution in [0.15, 0.2) is 11.8 Å². The van der Waals surface area contributed by atoms with Gasteiger partial charge in [0.15, 0.2) is 0 Å². The van der Waals surface area contributed by atoms with Gasteiger partial charge in [-0.2, -0.15) is 0 Å². The highest BCUT2D eigenvalue weighted by Gasteiger charge is 2.31. The third-order valence-electron chi connectivity index (χ3n) is 2.35. The molecule has 0 spiro atoms. The average molecular weight is 157 g/mol. The van der Waals surface area contributed by atoms with Crippen LogP contribution in [0.2, 0.25) is 0 Å². The van der Waals surface area contributed by atoms with Crippen molar-refractivity contribution in [3.63, 3.8) is 0 Å². The first-order chi connectivity index (χ1) is 5.06. The molecule has 0 aromatic rings. The van der Waals surface area contributed by atoms with Crippen LogP contribution in [-0.2, 0) is 0 Å². The van der Waals surface area contributed by atoms with Gasteiger partial charge in [-0.05, 0) is 25.7 Å². The van der Waals surface area contributed by atoms with E-state index in [1.54, 1.807) is 14.0 Å². The molecule has 0 aromatic carbocycles. The summed E-state index contributed by atoms with van der Waals surface area (Å²) in [4.78, 5) is 0. The van der Waals surface area contributed by atoms with Gasteiger partial charge < -0.3 is 5.32 Å². The van der Waals surface area contributed by atoms with Gasteiger partial charge >= 0.3 is 0 Å². The fourth-order valence-electron chi connectivity index (χ4n) is 1.52. The van der Waals surface area contributed by atoms with Gasteiger partial charge in [-0.25, -0.2) is 4.39 Å². The summed E-state index contributed by atoms with van der Waals surface area (Å²) in [7, 11) is 1.78. The van der Waals surface area contributed by atoms with E-state index in [0.717, 1.165) is 12.1 Å². The Labute approximate surface area is 67.7 Å². The Bertz CT molecular complexity index is 172. The summed E-state index contributed by atoms with van der Waals surface area (Å²) >= 11 is 0. The van der Waals surface area contributed by atoms with Gasteiger partial charge in [0.1, 0.15) is 5.67 Å². The summed E-state index contributed by atoms with van der Waals surface area (Å²) in [6.45, 7) is 3.76. The van der Waals surface area contributed by atoms with Crippen LogP contribution in [-0.4, -0.2) is 12.7 Å². The van der Waals surface area contributed by atoms with Crippen molar-refractivity contribution in [3.05, 3.63) is 11.8 Å². The first-order valence-electron chi connectivity index (χ1n) is 4.15. The molecular weight excluding hydrogens is 141 g/mol. The zero-order valence-corrected chi connectivity index (χ0v) is 7.45. The van der Waals surface area contributed by atoms with Crippen LogP contribution >= 0.6 is 0 Å². The molecule has 0 aliphatic heterocycles. The minimum absolute atomic E-state index is 0.515. The van der Waals surface area contributed by atoms with Crippen LogP contribution in [0.1, 0.15) is 26.7 Å². The summed E-state index contributed by atoms with van der Waals surface area (Å²) in [5.41, 5.74) is -0.377. The van der Waals surface area contributed by atoms with E-state index in [9.17, 15) is 4.39 Å². The van der Waals surface area contributed by atoms with E-state index in [2.05, 4.69) is 12.2 Å². The molecule has 0 saturated carbocycles. The molecule has 0 heterocycles. The highest BCUT2D eigenvalue weighted by Crippen LogP contribution is 2.32. The molecule has 0 aromatic heterocycles. The Morgan fingerprint density at radius 3 is 2.82 bits per heavy atom. The Balaban J connectivity index is 2.80. The van der Waals surface area contributed by atoms with Gasteiger partial charge in [0, 0.05) is 12.7 Å². The number of nitrogens with one attached hydrogen (secondary N) is 1. The molecule has 2 heteroatoms. The molecule has 11 heavy (non-hydrogen) atoms. The van der Waals surface area contributed by atoms with Gasteiger partial charge in [0.25, 0.3) is 0 Å². The predicted octanol–water partition coefficient (Wildman–Crippen LogP) is 2.25. The van der Waals surface area contributed by atoms with Gasteiger partial charge in [-0.15, -0.1) is 0 Å². The largest absolute Gasteiger partial charge is 0.389 e. The summed E-state index contributed by atoms with van der Waals surface area (Å²) in [5, 5.41) is 2.91. The monoisotopic (exact) mass is 157 g/mol. The molecule has 0 radical (unpaired) electrons. The van der Waals surface area contributed by atoms with Crippen molar-refractivity contribution >= 4 is 0 Å². The van der Waals surface area contributed by atoms with Gasteiger partial charge in [-0.1, -0.05) is 13.0 Å². The molecule has 64 valence electrons. The van der Waals surface area contributed by atoms with Crippen LogP contribution in [0.3, 0.4) is 0 Å². The number of alkyl halides is 1. The Hall–Kier alpha value is -0.530. The number of allylic oxidation sites excluding steroid dienone is 2. The van der Waals surface area contributed by atoms with Gasteiger partial charge in [0.05, 0.1) is 0 Å². The number of hydrogen-bond donors (Lipinski definition) is 1. The molecule has 1 aliphatic rings. The molecule has 2 atom stereocenters. The lowest BCUT2D eigenvalue weighted by atomic mass is 9.86. The van der Waals surface area contributed by atoms with Crippen molar-refractivity contribution in [1.82, 2.24) is 5.32 Å². The molecule has 1 N–H and O–H groups in total. The Kier molecular flexibility index (Phi) is 2.21. The van der Waals surface area contributed by atoms with E-state index >= 15 is 0 Å². The molecule has 1 nitrogen and oxygen atoms in total. The first kappa shape index (κ1) is 8.57. The van der Waals surface area contributed by atoms with Crippen LogP contribution in [0.4, 0.5) is 4.39 Å². The fraction of sp³-hybridized carbons (Fsp3) is 0.778. The van der Waals surface area contributed by atoms with Crippen LogP contribution < -0.4 is 5.32 Å². The van der Waals surface area contributed by atoms with E-state index < -0.39 is 5.67 Å². The Morgan fingerprint density at radius 1 is 1.73 bits per heavy atom. The smallest absolute Gasteiger partial charge is 0.147 e. The van der Waals surface area contributed by atoms with Gasteiger partial charge in [0.2, 0.25) is 0 Å². The second kappa shape index (κ2) is 2.84. The van der Waals surface area contributed by atoms with Crippen LogP contribution in [0.25, 0.3) is 0 Å². The maximum Gasteiger partial charge on any atom is 0.147 e. The minimum Gasteiger partial charge on any atom is -0.389 e. The standard InChI is InChI=1S/C9H16FN/c1-7-4-5-9(2,10)8(6-7)11-3/h6-7,11H,4-5H2,1-3H3/t7?,9-/m0/s1. The van der Waals surface area contributed by atoms with Gasteiger partial charge in [-0.3, -0.25) is 0 Å². The summed E-state index contributed by atoms with van der Waals surface area (Å²) in [6.07, 6.45) is 3.59. The van der Waals surface area contributed by atoms with E-state index in [-0.39, 0.29) is 0 Å². The van der Waals surface area contributed by atoms with E-state index in [0.29, 0.717) is 12.3 Å². The zero-order valence-electron chi connectivity index (χ0n) is 7.45. The highest BCUT2D eigenvalue weighted by atomic mass is 19.1. The summed E-state index contributed by atoms with van der Waals surface area (Å²) in [5.74, 6) is 0.515. The first-order valence-corrected chi connectivity index (χ1v) is 4.15. The average Bonchev–Trinajstić information content (AvgIpc) is 1.94. The molecule has 0 fully saturated rings. The SMILES string of the molecule is CNC1=CC(C)CC[C@]1(C)F. The van der Waals surface area contributed by atoms with Crippen LogP contribution in [0, 0.1) is 5.92 Å². The predicted molar refractivity (Wildman–Crippen MR) is 45.1 cm³/mol. The molecule has 0 amide bonds. The van der Waals surface area contributed by atoms with Crippen molar-refractivity contribution in [2.24, 2.45) is 5.92 Å². The normalized spacial score (nSPS) is 38.2.